The fourth-order valence-electron chi connectivity index (χ4n) is 3.35. The number of hydrogen-bond donors (Lipinski definition) is 3. The van der Waals surface area contributed by atoms with Crippen LogP contribution in [0.4, 0.5) is 16.3 Å². The molecule has 3 aromatic carbocycles. The average molecular weight is 422 g/mol. The first-order valence-corrected chi connectivity index (χ1v) is 10.3. The fraction of sp³-hybridized carbons (Fsp3) is 0.120. The molecule has 2 amide bonds. The van der Waals surface area contributed by atoms with Crippen molar-refractivity contribution in [1.29, 1.82) is 5.26 Å². The van der Waals surface area contributed by atoms with Crippen LogP contribution in [0.15, 0.2) is 78.9 Å². The predicted octanol–water partition coefficient (Wildman–Crippen LogP) is 4.79. The summed E-state index contributed by atoms with van der Waals surface area (Å²) in [4.78, 5) is 12.2. The Balaban J connectivity index is 1.42. The van der Waals surface area contributed by atoms with Crippen LogP contribution >= 0.6 is 0 Å². The first-order valence-electron chi connectivity index (χ1n) is 10.3. The number of hydrogen-bond acceptors (Lipinski definition) is 5. The lowest BCUT2D eigenvalue weighted by molar-refractivity contribution is 0.252. The third-order valence-electron chi connectivity index (χ3n) is 4.96. The van der Waals surface area contributed by atoms with Crippen LogP contribution in [-0.2, 0) is 0 Å². The van der Waals surface area contributed by atoms with E-state index in [-0.39, 0.29) is 12.1 Å². The summed E-state index contributed by atoms with van der Waals surface area (Å²) in [5, 5.41) is 28.6. The van der Waals surface area contributed by atoms with Gasteiger partial charge in [0, 0.05) is 34.6 Å². The molecule has 1 aromatic heterocycles. The van der Waals surface area contributed by atoms with Gasteiger partial charge < -0.3 is 16.0 Å². The zero-order valence-electron chi connectivity index (χ0n) is 17.5. The van der Waals surface area contributed by atoms with E-state index in [0.717, 1.165) is 22.0 Å². The molecule has 1 heterocycles. The van der Waals surface area contributed by atoms with Gasteiger partial charge in [0.15, 0.2) is 5.82 Å². The number of benzene rings is 3. The predicted molar refractivity (Wildman–Crippen MR) is 126 cm³/mol. The Bertz CT molecular complexity index is 1270. The van der Waals surface area contributed by atoms with Crippen LogP contribution in [-0.4, -0.2) is 28.8 Å². The number of rotatable bonds is 6. The van der Waals surface area contributed by atoms with Gasteiger partial charge in [0.2, 0.25) is 0 Å². The van der Waals surface area contributed by atoms with Crippen LogP contribution in [0.2, 0.25) is 0 Å². The highest BCUT2D eigenvalue weighted by Crippen LogP contribution is 2.29. The number of carbonyl (C=O) groups excluding carboxylic acids is 1. The van der Waals surface area contributed by atoms with Crippen molar-refractivity contribution < 1.29 is 4.79 Å². The summed E-state index contributed by atoms with van der Waals surface area (Å²) in [6, 6.07) is 26.3. The molecular weight excluding hydrogens is 400 g/mol. The highest BCUT2D eigenvalue weighted by molar-refractivity contribution is 6.00. The molecule has 3 N–H and O–H groups in total. The van der Waals surface area contributed by atoms with Gasteiger partial charge in [-0.25, -0.2) is 4.79 Å². The van der Waals surface area contributed by atoms with Gasteiger partial charge in [-0.2, -0.15) is 5.26 Å². The Morgan fingerprint density at radius 3 is 2.34 bits per heavy atom. The van der Waals surface area contributed by atoms with E-state index in [2.05, 4.69) is 26.1 Å². The second-order valence-electron chi connectivity index (χ2n) is 7.38. The average Bonchev–Trinajstić information content (AvgIpc) is 2.84. The molecule has 158 valence electrons. The minimum absolute atomic E-state index is 0.0815. The highest BCUT2D eigenvalue weighted by Gasteiger charge is 2.13. The molecule has 0 unspecified atom stereocenters. The SMILES string of the molecule is C[C@@H](CNC(=O)Nc1ccc(C#N)cc1)Nc1nnc(-c2ccccc2)c2ccccc12. The van der Waals surface area contributed by atoms with Crippen molar-refractivity contribution in [3.63, 3.8) is 0 Å². The summed E-state index contributed by atoms with van der Waals surface area (Å²) < 4.78 is 0. The van der Waals surface area contributed by atoms with Gasteiger partial charge in [-0.05, 0) is 31.2 Å². The fourth-order valence-corrected chi connectivity index (χ4v) is 3.35. The summed E-state index contributed by atoms with van der Waals surface area (Å²) in [6.45, 7) is 2.35. The van der Waals surface area contributed by atoms with E-state index in [9.17, 15) is 4.79 Å². The number of anilines is 2. The molecule has 0 bridgehead atoms. The molecule has 0 aliphatic rings. The molecule has 0 radical (unpaired) electrons. The molecular formula is C25H22N6O. The van der Waals surface area contributed by atoms with E-state index in [1.807, 2.05) is 67.6 Å². The zero-order chi connectivity index (χ0) is 22.3. The molecule has 0 saturated heterocycles. The van der Waals surface area contributed by atoms with Gasteiger partial charge in [0.25, 0.3) is 0 Å². The number of fused-ring (bicyclic) bond motifs is 1. The molecule has 0 saturated carbocycles. The molecule has 0 aliphatic carbocycles. The summed E-state index contributed by atoms with van der Waals surface area (Å²) in [7, 11) is 0. The van der Waals surface area contributed by atoms with Gasteiger partial charge in [-0.3, -0.25) is 0 Å². The number of amides is 2. The number of nitrogens with one attached hydrogen (secondary N) is 3. The maximum atomic E-state index is 12.2. The van der Waals surface area contributed by atoms with Crippen molar-refractivity contribution in [2.75, 3.05) is 17.2 Å². The van der Waals surface area contributed by atoms with E-state index < -0.39 is 0 Å². The van der Waals surface area contributed by atoms with E-state index >= 15 is 0 Å². The lowest BCUT2D eigenvalue weighted by Gasteiger charge is -2.17. The second-order valence-corrected chi connectivity index (χ2v) is 7.38. The summed E-state index contributed by atoms with van der Waals surface area (Å²) in [5.74, 6) is 0.669. The molecule has 0 spiro atoms. The molecule has 7 heteroatoms. The van der Waals surface area contributed by atoms with Gasteiger partial charge in [0.05, 0.1) is 11.6 Å². The number of nitriles is 1. The number of aromatic nitrogens is 2. The first kappa shape index (κ1) is 20.8. The number of carbonyl (C=O) groups is 1. The minimum atomic E-state index is -0.321. The lowest BCUT2D eigenvalue weighted by Crippen LogP contribution is -2.37. The summed E-state index contributed by atoms with van der Waals surface area (Å²) >= 11 is 0. The second kappa shape index (κ2) is 9.58. The number of urea groups is 1. The molecule has 1 atom stereocenters. The lowest BCUT2D eigenvalue weighted by atomic mass is 10.0. The van der Waals surface area contributed by atoms with Crippen molar-refractivity contribution in [2.24, 2.45) is 0 Å². The molecule has 4 aromatic rings. The Morgan fingerprint density at radius 2 is 1.62 bits per heavy atom. The Morgan fingerprint density at radius 1 is 0.938 bits per heavy atom. The smallest absolute Gasteiger partial charge is 0.319 e. The van der Waals surface area contributed by atoms with Gasteiger partial charge in [-0.15, -0.1) is 10.2 Å². The third-order valence-corrected chi connectivity index (χ3v) is 4.96. The van der Waals surface area contributed by atoms with Gasteiger partial charge >= 0.3 is 6.03 Å². The quantitative estimate of drug-likeness (QED) is 0.415. The van der Waals surface area contributed by atoms with Gasteiger partial charge in [-0.1, -0.05) is 54.6 Å². The zero-order valence-corrected chi connectivity index (χ0v) is 17.5. The van der Waals surface area contributed by atoms with Crippen molar-refractivity contribution in [2.45, 2.75) is 13.0 Å². The molecule has 7 nitrogen and oxygen atoms in total. The van der Waals surface area contributed by atoms with Crippen LogP contribution in [0.3, 0.4) is 0 Å². The largest absolute Gasteiger partial charge is 0.364 e. The monoisotopic (exact) mass is 422 g/mol. The van der Waals surface area contributed by atoms with Gasteiger partial charge in [0.1, 0.15) is 5.69 Å². The third kappa shape index (κ3) is 4.82. The molecule has 0 fully saturated rings. The molecule has 0 aliphatic heterocycles. The Labute approximate surface area is 186 Å². The van der Waals surface area contributed by atoms with Crippen LogP contribution in [0.1, 0.15) is 12.5 Å². The Kier molecular flexibility index (Phi) is 6.23. The standard InChI is InChI=1S/C25H22N6O/c1-17(16-27-25(32)29-20-13-11-18(15-26)12-14-20)28-24-22-10-6-5-9-21(22)23(30-31-24)19-7-3-2-4-8-19/h2-14,17H,16H2,1H3,(H,28,31)(H2,27,29,32)/t17-/m0/s1. The van der Waals surface area contributed by atoms with E-state index in [1.165, 1.54) is 0 Å². The van der Waals surface area contributed by atoms with Crippen LogP contribution < -0.4 is 16.0 Å². The molecule has 4 rings (SSSR count). The van der Waals surface area contributed by atoms with Crippen LogP contribution in [0.25, 0.3) is 22.0 Å². The topological polar surface area (TPSA) is 103 Å². The number of nitrogens with zero attached hydrogens (tertiary/aromatic N) is 3. The summed E-state index contributed by atoms with van der Waals surface area (Å²) in [6.07, 6.45) is 0. The highest BCUT2D eigenvalue weighted by atomic mass is 16.2. The van der Waals surface area contributed by atoms with Crippen LogP contribution in [0, 0.1) is 11.3 Å². The van der Waals surface area contributed by atoms with Crippen molar-refractivity contribution >= 4 is 28.3 Å². The Hall–Kier alpha value is -4.44. The van der Waals surface area contributed by atoms with Crippen molar-refractivity contribution in [3.8, 4) is 17.3 Å². The maximum absolute atomic E-state index is 12.2. The van der Waals surface area contributed by atoms with Crippen molar-refractivity contribution in [3.05, 3.63) is 84.4 Å². The minimum Gasteiger partial charge on any atom is -0.364 e. The molecule has 32 heavy (non-hydrogen) atoms. The van der Waals surface area contributed by atoms with Crippen LogP contribution in [0.5, 0.6) is 0 Å². The first-order chi connectivity index (χ1) is 15.6. The van der Waals surface area contributed by atoms with Crippen molar-refractivity contribution in [1.82, 2.24) is 15.5 Å². The summed E-state index contributed by atoms with van der Waals surface area (Å²) in [5.41, 5.74) is 3.01. The van der Waals surface area contributed by atoms with E-state index in [1.54, 1.807) is 24.3 Å². The van der Waals surface area contributed by atoms with E-state index in [0.29, 0.717) is 23.6 Å². The van der Waals surface area contributed by atoms with E-state index in [4.69, 9.17) is 5.26 Å². The normalized spacial score (nSPS) is 11.4. The maximum Gasteiger partial charge on any atom is 0.319 e.